The van der Waals surface area contributed by atoms with E-state index in [1.54, 1.807) is 0 Å². The Balaban J connectivity index is 2.25. The van der Waals surface area contributed by atoms with Crippen molar-refractivity contribution in [1.29, 1.82) is 0 Å². The summed E-state index contributed by atoms with van der Waals surface area (Å²) >= 11 is 1.88. The number of nitrogens with one attached hydrogen (secondary N) is 1. The molecule has 1 N–H and O–H groups in total. The first-order valence-corrected chi connectivity index (χ1v) is 5.40. The normalized spacial score (nSPS) is 28.5. The number of thioether (sulfide) groups is 1. The second-order valence-electron chi connectivity index (χ2n) is 2.99. The van der Waals surface area contributed by atoms with Gasteiger partial charge in [0, 0.05) is 11.8 Å². The van der Waals surface area contributed by atoms with Gasteiger partial charge in [-0.2, -0.15) is 11.8 Å². The van der Waals surface area contributed by atoms with E-state index >= 15 is 0 Å². The Hall–Kier alpha value is -0.380. The lowest BCUT2D eigenvalue weighted by Gasteiger charge is -2.15. The van der Waals surface area contributed by atoms with Crippen LogP contribution in [0.3, 0.4) is 0 Å². The molecule has 2 atom stereocenters. The topological polar surface area (TPSA) is 38.3 Å². The average Bonchev–Trinajstić information content (AvgIpc) is 2.37. The maximum Gasteiger partial charge on any atom is 0.407 e. The molecule has 1 aliphatic rings. The van der Waals surface area contributed by atoms with Gasteiger partial charge in [-0.15, -0.1) is 0 Å². The molecular formula is C8H15NO2S. The molecule has 0 aliphatic carbocycles. The molecule has 1 saturated heterocycles. The standard InChI is InChI=1S/C8H15NO2S/c1-3-11-8(10)9-7-5-12-4-6(7)2/h6-7H,3-5H2,1-2H3,(H,9,10). The van der Waals surface area contributed by atoms with E-state index in [-0.39, 0.29) is 6.09 Å². The quantitative estimate of drug-likeness (QED) is 0.715. The van der Waals surface area contributed by atoms with E-state index in [0.29, 0.717) is 18.6 Å². The lowest BCUT2D eigenvalue weighted by atomic mass is 10.1. The van der Waals surface area contributed by atoms with E-state index in [9.17, 15) is 4.79 Å². The first-order chi connectivity index (χ1) is 5.74. The molecule has 0 radical (unpaired) electrons. The van der Waals surface area contributed by atoms with Crippen LogP contribution in [0.5, 0.6) is 0 Å². The van der Waals surface area contributed by atoms with E-state index in [1.807, 2.05) is 18.7 Å². The molecule has 4 heteroatoms. The summed E-state index contributed by atoms with van der Waals surface area (Å²) in [4.78, 5) is 11.0. The highest BCUT2D eigenvalue weighted by Crippen LogP contribution is 2.23. The molecule has 12 heavy (non-hydrogen) atoms. The Labute approximate surface area is 77.2 Å². The summed E-state index contributed by atoms with van der Waals surface area (Å²) in [6, 6.07) is 0.300. The van der Waals surface area contributed by atoms with Crippen molar-refractivity contribution in [2.24, 2.45) is 5.92 Å². The van der Waals surface area contributed by atoms with Gasteiger partial charge in [0.05, 0.1) is 6.61 Å². The number of ether oxygens (including phenoxy) is 1. The van der Waals surface area contributed by atoms with Gasteiger partial charge in [0.15, 0.2) is 0 Å². The predicted molar refractivity (Wildman–Crippen MR) is 50.4 cm³/mol. The van der Waals surface area contributed by atoms with Gasteiger partial charge in [-0.1, -0.05) is 6.92 Å². The summed E-state index contributed by atoms with van der Waals surface area (Å²) < 4.78 is 4.79. The van der Waals surface area contributed by atoms with Crippen LogP contribution in [0, 0.1) is 5.92 Å². The molecule has 0 spiro atoms. The highest BCUT2D eigenvalue weighted by molar-refractivity contribution is 7.99. The summed E-state index contributed by atoms with van der Waals surface area (Å²) in [6.45, 7) is 4.41. The summed E-state index contributed by atoms with van der Waals surface area (Å²) in [5.41, 5.74) is 0. The van der Waals surface area contributed by atoms with Crippen molar-refractivity contribution in [3.8, 4) is 0 Å². The Bertz CT molecular complexity index is 163. The van der Waals surface area contributed by atoms with Crippen molar-refractivity contribution in [1.82, 2.24) is 5.32 Å². The van der Waals surface area contributed by atoms with Gasteiger partial charge in [0.2, 0.25) is 0 Å². The zero-order valence-electron chi connectivity index (χ0n) is 7.50. The number of hydrogen-bond acceptors (Lipinski definition) is 3. The third kappa shape index (κ3) is 2.59. The van der Waals surface area contributed by atoms with E-state index in [1.165, 1.54) is 0 Å². The fraction of sp³-hybridized carbons (Fsp3) is 0.875. The average molecular weight is 189 g/mol. The van der Waals surface area contributed by atoms with E-state index < -0.39 is 0 Å². The number of amides is 1. The summed E-state index contributed by atoms with van der Waals surface area (Å²) in [5, 5.41) is 2.85. The minimum absolute atomic E-state index is 0.281. The van der Waals surface area contributed by atoms with Gasteiger partial charge in [-0.3, -0.25) is 0 Å². The van der Waals surface area contributed by atoms with Crippen molar-refractivity contribution in [3.63, 3.8) is 0 Å². The van der Waals surface area contributed by atoms with Crippen molar-refractivity contribution < 1.29 is 9.53 Å². The van der Waals surface area contributed by atoms with Crippen molar-refractivity contribution in [2.45, 2.75) is 19.9 Å². The Morgan fingerprint density at radius 1 is 1.67 bits per heavy atom. The molecule has 0 bridgehead atoms. The molecule has 70 valence electrons. The summed E-state index contributed by atoms with van der Waals surface area (Å²) in [7, 11) is 0. The monoisotopic (exact) mass is 189 g/mol. The molecule has 0 aromatic rings. The highest BCUT2D eigenvalue weighted by atomic mass is 32.2. The van der Waals surface area contributed by atoms with Gasteiger partial charge in [-0.05, 0) is 18.6 Å². The molecule has 3 nitrogen and oxygen atoms in total. The molecule has 1 fully saturated rings. The Kier molecular flexibility index (Phi) is 3.72. The molecule has 1 amide bonds. The maximum atomic E-state index is 11.0. The summed E-state index contributed by atoms with van der Waals surface area (Å²) in [5.74, 6) is 2.72. The van der Waals surface area contributed by atoms with Crippen LogP contribution < -0.4 is 5.32 Å². The van der Waals surface area contributed by atoms with Crippen LogP contribution in [0.15, 0.2) is 0 Å². The lowest BCUT2D eigenvalue weighted by Crippen LogP contribution is -2.39. The number of alkyl carbamates (subject to hydrolysis) is 1. The number of carbonyl (C=O) groups is 1. The molecule has 0 saturated carbocycles. The number of carbonyl (C=O) groups excluding carboxylic acids is 1. The van der Waals surface area contributed by atoms with E-state index in [4.69, 9.17) is 4.74 Å². The SMILES string of the molecule is CCOC(=O)NC1CSCC1C. The molecule has 0 aromatic carbocycles. The van der Waals surface area contributed by atoms with Crippen LogP contribution in [-0.4, -0.2) is 30.2 Å². The van der Waals surface area contributed by atoms with Crippen molar-refractivity contribution >= 4 is 17.9 Å². The van der Waals surface area contributed by atoms with Crippen molar-refractivity contribution in [3.05, 3.63) is 0 Å². The third-order valence-corrected chi connectivity index (χ3v) is 3.30. The fourth-order valence-corrected chi connectivity index (χ4v) is 2.58. The summed E-state index contributed by atoms with van der Waals surface area (Å²) in [6.07, 6.45) is -0.281. The smallest absolute Gasteiger partial charge is 0.407 e. The maximum absolute atomic E-state index is 11.0. The van der Waals surface area contributed by atoms with Gasteiger partial charge in [0.1, 0.15) is 0 Å². The number of hydrogen-bond donors (Lipinski definition) is 1. The third-order valence-electron chi connectivity index (χ3n) is 1.94. The van der Waals surface area contributed by atoms with Crippen LogP contribution in [0.4, 0.5) is 4.79 Å². The van der Waals surface area contributed by atoms with Crippen LogP contribution in [0.25, 0.3) is 0 Å². The molecule has 1 rings (SSSR count). The van der Waals surface area contributed by atoms with E-state index in [0.717, 1.165) is 11.5 Å². The minimum atomic E-state index is -0.281. The first kappa shape index (κ1) is 9.71. The largest absolute Gasteiger partial charge is 0.450 e. The van der Waals surface area contributed by atoms with E-state index in [2.05, 4.69) is 12.2 Å². The molecular weight excluding hydrogens is 174 g/mol. The zero-order valence-corrected chi connectivity index (χ0v) is 8.32. The van der Waals surface area contributed by atoms with Crippen LogP contribution in [-0.2, 0) is 4.74 Å². The molecule has 2 unspecified atom stereocenters. The molecule has 0 aromatic heterocycles. The number of rotatable bonds is 2. The molecule has 1 heterocycles. The second-order valence-corrected chi connectivity index (χ2v) is 4.06. The predicted octanol–water partition coefficient (Wildman–Crippen LogP) is 1.48. The van der Waals surface area contributed by atoms with Crippen LogP contribution >= 0.6 is 11.8 Å². The minimum Gasteiger partial charge on any atom is -0.450 e. The lowest BCUT2D eigenvalue weighted by molar-refractivity contribution is 0.147. The van der Waals surface area contributed by atoms with Gasteiger partial charge in [-0.25, -0.2) is 4.79 Å². The fourth-order valence-electron chi connectivity index (χ4n) is 1.17. The van der Waals surface area contributed by atoms with Crippen LogP contribution in [0.2, 0.25) is 0 Å². The van der Waals surface area contributed by atoms with Crippen molar-refractivity contribution in [2.75, 3.05) is 18.1 Å². The molecule has 1 aliphatic heterocycles. The highest BCUT2D eigenvalue weighted by Gasteiger charge is 2.25. The first-order valence-electron chi connectivity index (χ1n) is 4.25. The van der Waals surface area contributed by atoms with Gasteiger partial charge in [0.25, 0.3) is 0 Å². The zero-order chi connectivity index (χ0) is 8.97. The Morgan fingerprint density at radius 2 is 2.42 bits per heavy atom. The van der Waals surface area contributed by atoms with Crippen LogP contribution in [0.1, 0.15) is 13.8 Å². The Morgan fingerprint density at radius 3 is 2.92 bits per heavy atom. The van der Waals surface area contributed by atoms with Gasteiger partial charge < -0.3 is 10.1 Å². The van der Waals surface area contributed by atoms with Gasteiger partial charge >= 0.3 is 6.09 Å². The second kappa shape index (κ2) is 4.60.